The van der Waals surface area contributed by atoms with E-state index in [9.17, 15) is 9.59 Å². The van der Waals surface area contributed by atoms with Gasteiger partial charge in [0.1, 0.15) is 22.9 Å². The van der Waals surface area contributed by atoms with Crippen molar-refractivity contribution in [2.75, 3.05) is 21.3 Å². The summed E-state index contributed by atoms with van der Waals surface area (Å²) in [6, 6.07) is 3.49. The number of aryl methyl sites for hydroxylation is 1. The zero-order valence-electron chi connectivity index (χ0n) is 16.4. The Hall–Kier alpha value is -3.08. The van der Waals surface area contributed by atoms with E-state index in [0.717, 1.165) is 5.56 Å². The van der Waals surface area contributed by atoms with Crippen LogP contribution in [0.2, 0.25) is 0 Å². The average Bonchev–Trinajstić information content (AvgIpc) is 3.01. The maximum Gasteiger partial charge on any atom is 0.266 e. The zero-order chi connectivity index (χ0) is 21.1. The van der Waals surface area contributed by atoms with Crippen molar-refractivity contribution in [2.24, 2.45) is 7.05 Å². The summed E-state index contributed by atoms with van der Waals surface area (Å²) in [7, 11) is 6.25. The van der Waals surface area contributed by atoms with Crippen molar-refractivity contribution in [1.82, 2.24) is 24.6 Å². The molecular formula is C18H20BrN5O5. The molecule has 0 atom stereocenters. The Morgan fingerprint density at radius 2 is 1.83 bits per heavy atom. The smallest absolute Gasteiger partial charge is 0.266 e. The molecular weight excluding hydrogens is 446 g/mol. The number of halogens is 1. The highest BCUT2D eigenvalue weighted by molar-refractivity contribution is 9.10. The van der Waals surface area contributed by atoms with E-state index >= 15 is 0 Å². The summed E-state index contributed by atoms with van der Waals surface area (Å²) in [6.45, 7) is 0.0457. The summed E-state index contributed by atoms with van der Waals surface area (Å²) >= 11 is 3.25. The molecule has 1 aromatic carbocycles. The molecule has 3 rings (SSSR count). The van der Waals surface area contributed by atoms with Gasteiger partial charge in [0.2, 0.25) is 11.7 Å². The Bertz CT molecular complexity index is 1100. The van der Waals surface area contributed by atoms with Gasteiger partial charge < -0.3 is 19.5 Å². The van der Waals surface area contributed by atoms with Gasteiger partial charge in [-0.1, -0.05) is 0 Å². The molecule has 0 radical (unpaired) electrons. The Kier molecular flexibility index (Phi) is 6.06. The van der Waals surface area contributed by atoms with Crippen LogP contribution in [-0.4, -0.2) is 46.6 Å². The second-order valence-electron chi connectivity index (χ2n) is 6.10. The maximum absolute atomic E-state index is 12.6. The minimum atomic E-state index is -0.349. The van der Waals surface area contributed by atoms with Crippen LogP contribution in [0.25, 0.3) is 11.0 Å². The number of nitrogens with zero attached hydrogens (tertiary/aromatic N) is 4. The van der Waals surface area contributed by atoms with Crippen molar-refractivity contribution in [1.29, 1.82) is 0 Å². The van der Waals surface area contributed by atoms with Crippen LogP contribution in [0.4, 0.5) is 0 Å². The van der Waals surface area contributed by atoms with Gasteiger partial charge in [0.25, 0.3) is 5.56 Å². The average molecular weight is 466 g/mol. The van der Waals surface area contributed by atoms with Gasteiger partial charge >= 0.3 is 0 Å². The number of fused-ring (bicyclic) bond motifs is 1. The van der Waals surface area contributed by atoms with Gasteiger partial charge in [-0.05, 0) is 33.6 Å². The van der Waals surface area contributed by atoms with Crippen molar-refractivity contribution in [3.63, 3.8) is 0 Å². The standard InChI is InChI=1S/C18H20BrN5O5/c1-23-17-14(16(19)22-23)18(26)24(9-21-17)8-13(25)20-7-10-5-11(27-2)15(29-4)12(6-10)28-3/h5-6,9H,7-8H2,1-4H3,(H,20,25). The molecule has 0 unspecified atom stereocenters. The Morgan fingerprint density at radius 1 is 1.17 bits per heavy atom. The predicted molar refractivity (Wildman–Crippen MR) is 108 cm³/mol. The first-order valence-electron chi connectivity index (χ1n) is 8.52. The van der Waals surface area contributed by atoms with E-state index in [-0.39, 0.29) is 24.6 Å². The molecule has 2 heterocycles. The number of hydrogen-bond acceptors (Lipinski definition) is 7. The highest BCUT2D eigenvalue weighted by atomic mass is 79.9. The molecule has 0 spiro atoms. The van der Waals surface area contributed by atoms with E-state index in [1.807, 2.05) is 0 Å². The van der Waals surface area contributed by atoms with Gasteiger partial charge in [-0.25, -0.2) is 9.67 Å². The molecule has 1 N–H and O–H groups in total. The van der Waals surface area contributed by atoms with E-state index in [1.54, 1.807) is 19.2 Å². The van der Waals surface area contributed by atoms with Crippen LogP contribution >= 0.6 is 15.9 Å². The third-order valence-corrected chi connectivity index (χ3v) is 4.85. The minimum absolute atomic E-state index is 0.173. The first-order valence-corrected chi connectivity index (χ1v) is 9.32. The summed E-state index contributed by atoms with van der Waals surface area (Å²) in [5.74, 6) is 1.10. The number of amides is 1. The second-order valence-corrected chi connectivity index (χ2v) is 6.85. The van der Waals surface area contributed by atoms with Crippen molar-refractivity contribution >= 4 is 32.9 Å². The van der Waals surface area contributed by atoms with E-state index in [0.29, 0.717) is 32.9 Å². The van der Waals surface area contributed by atoms with Crippen LogP contribution in [0, 0.1) is 0 Å². The molecule has 0 aliphatic carbocycles. The topological polar surface area (TPSA) is 110 Å². The van der Waals surface area contributed by atoms with Crippen molar-refractivity contribution in [3.8, 4) is 17.2 Å². The molecule has 0 aliphatic heterocycles. The van der Waals surface area contributed by atoms with Crippen molar-refractivity contribution in [2.45, 2.75) is 13.1 Å². The fraction of sp³-hybridized carbons (Fsp3) is 0.333. The van der Waals surface area contributed by atoms with E-state index in [4.69, 9.17) is 14.2 Å². The molecule has 10 nitrogen and oxygen atoms in total. The van der Waals surface area contributed by atoms with E-state index in [2.05, 4.69) is 31.3 Å². The van der Waals surface area contributed by atoms with Crippen LogP contribution in [-0.2, 0) is 24.9 Å². The molecule has 2 aromatic heterocycles. The molecule has 11 heteroatoms. The lowest BCUT2D eigenvalue weighted by molar-refractivity contribution is -0.121. The summed E-state index contributed by atoms with van der Waals surface area (Å²) in [4.78, 5) is 29.2. The third kappa shape index (κ3) is 4.04. The van der Waals surface area contributed by atoms with Crippen LogP contribution in [0.15, 0.2) is 27.9 Å². The van der Waals surface area contributed by atoms with E-state index in [1.165, 1.54) is 36.9 Å². The zero-order valence-corrected chi connectivity index (χ0v) is 17.9. The first kappa shape index (κ1) is 20.6. The van der Waals surface area contributed by atoms with Gasteiger partial charge in [0.15, 0.2) is 17.1 Å². The fourth-order valence-electron chi connectivity index (χ4n) is 2.90. The van der Waals surface area contributed by atoms with Crippen molar-refractivity contribution < 1.29 is 19.0 Å². The van der Waals surface area contributed by atoms with Gasteiger partial charge in [-0.2, -0.15) is 5.10 Å². The highest BCUT2D eigenvalue weighted by Crippen LogP contribution is 2.38. The van der Waals surface area contributed by atoms with Crippen LogP contribution in [0.1, 0.15) is 5.56 Å². The Morgan fingerprint density at radius 3 is 2.41 bits per heavy atom. The third-order valence-electron chi connectivity index (χ3n) is 4.30. The molecule has 1 amide bonds. The summed E-state index contributed by atoms with van der Waals surface area (Å²) < 4.78 is 19.0. The molecule has 0 saturated heterocycles. The van der Waals surface area contributed by atoms with Crippen LogP contribution < -0.4 is 25.1 Å². The van der Waals surface area contributed by atoms with Gasteiger partial charge in [0, 0.05) is 13.6 Å². The minimum Gasteiger partial charge on any atom is -0.493 e. The van der Waals surface area contributed by atoms with Gasteiger partial charge in [-0.3, -0.25) is 14.2 Å². The number of rotatable bonds is 7. The normalized spacial score (nSPS) is 10.8. The quantitative estimate of drug-likeness (QED) is 0.558. The molecule has 3 aromatic rings. The predicted octanol–water partition coefficient (Wildman–Crippen LogP) is 1.23. The number of carbonyl (C=O) groups is 1. The second kappa shape index (κ2) is 8.52. The fourth-order valence-corrected chi connectivity index (χ4v) is 3.48. The monoisotopic (exact) mass is 465 g/mol. The largest absolute Gasteiger partial charge is 0.493 e. The molecule has 29 heavy (non-hydrogen) atoms. The molecule has 0 saturated carbocycles. The molecule has 0 aliphatic rings. The van der Waals surface area contributed by atoms with Crippen LogP contribution in [0.5, 0.6) is 17.2 Å². The highest BCUT2D eigenvalue weighted by Gasteiger charge is 2.16. The summed E-state index contributed by atoms with van der Waals surface area (Å²) in [5.41, 5.74) is 0.845. The summed E-state index contributed by atoms with van der Waals surface area (Å²) in [6.07, 6.45) is 1.33. The number of ether oxygens (including phenoxy) is 3. The number of methoxy groups -OCH3 is 3. The van der Waals surface area contributed by atoms with Crippen molar-refractivity contribution in [3.05, 3.63) is 39.0 Å². The van der Waals surface area contributed by atoms with Gasteiger partial charge in [-0.15, -0.1) is 0 Å². The lowest BCUT2D eigenvalue weighted by Gasteiger charge is -2.14. The number of carbonyl (C=O) groups excluding carboxylic acids is 1. The number of benzene rings is 1. The Labute approximate surface area is 174 Å². The lowest BCUT2D eigenvalue weighted by atomic mass is 10.1. The molecule has 0 fully saturated rings. The number of aromatic nitrogens is 4. The van der Waals surface area contributed by atoms with Crippen LogP contribution in [0.3, 0.4) is 0 Å². The number of nitrogens with one attached hydrogen (secondary N) is 1. The summed E-state index contributed by atoms with van der Waals surface area (Å²) in [5, 5.41) is 7.22. The maximum atomic E-state index is 12.6. The molecule has 154 valence electrons. The molecule has 0 bridgehead atoms. The SMILES string of the molecule is COc1cc(CNC(=O)Cn2cnc3c(c(Br)nn3C)c2=O)cc(OC)c1OC. The Balaban J connectivity index is 1.75. The van der Waals surface area contributed by atoms with E-state index < -0.39 is 0 Å². The van der Waals surface area contributed by atoms with Gasteiger partial charge in [0.05, 0.1) is 21.3 Å². The number of hydrogen-bond donors (Lipinski definition) is 1. The lowest BCUT2D eigenvalue weighted by Crippen LogP contribution is -2.32. The first-order chi connectivity index (χ1) is 13.9.